The van der Waals surface area contributed by atoms with Crippen molar-refractivity contribution in [2.45, 2.75) is 43.5 Å². The van der Waals surface area contributed by atoms with Crippen molar-refractivity contribution in [2.75, 3.05) is 13.1 Å². The van der Waals surface area contributed by atoms with E-state index in [0.717, 1.165) is 25.9 Å². The number of carbonyl (C=O) groups is 1. The summed E-state index contributed by atoms with van der Waals surface area (Å²) in [6.07, 6.45) is 4.46. The van der Waals surface area contributed by atoms with Crippen molar-refractivity contribution in [3.8, 4) is 0 Å². The van der Waals surface area contributed by atoms with E-state index in [0.29, 0.717) is 0 Å². The van der Waals surface area contributed by atoms with E-state index in [2.05, 4.69) is 9.62 Å². The summed E-state index contributed by atoms with van der Waals surface area (Å²) < 4.78 is 26.5. The molecule has 1 aliphatic rings. The Morgan fingerprint density at radius 2 is 1.67 bits per heavy atom. The molecule has 2 rings (SSSR count). The van der Waals surface area contributed by atoms with Crippen LogP contribution in [0.5, 0.6) is 0 Å². The van der Waals surface area contributed by atoms with Gasteiger partial charge in [-0.05, 0) is 45.0 Å². The van der Waals surface area contributed by atoms with Crippen LogP contribution >= 0.6 is 0 Å². The van der Waals surface area contributed by atoms with E-state index in [1.807, 2.05) is 0 Å². The van der Waals surface area contributed by atoms with E-state index in [-0.39, 0.29) is 4.90 Å². The van der Waals surface area contributed by atoms with Gasteiger partial charge in [0.2, 0.25) is 0 Å². The van der Waals surface area contributed by atoms with Crippen LogP contribution in [0, 0.1) is 0 Å². The van der Waals surface area contributed by atoms with Gasteiger partial charge in [-0.2, -0.15) is 0 Å². The van der Waals surface area contributed by atoms with E-state index in [1.54, 1.807) is 25.1 Å². The summed E-state index contributed by atoms with van der Waals surface area (Å²) in [5, 5.41) is 0. The second-order valence-corrected chi connectivity index (χ2v) is 7.09. The standard InChI is InChI=1S/C15H22N2O3S/c1-13(17-11-7-2-3-8-12-17)15(18)16-21(19,20)14-9-5-4-6-10-14/h4-6,9-10,13H,2-3,7-8,11-12H2,1H3,(H,16,18)/t13-/m1/s1. The lowest BCUT2D eigenvalue weighted by molar-refractivity contribution is -0.124. The zero-order chi connectivity index (χ0) is 15.3. The van der Waals surface area contributed by atoms with Crippen LogP contribution in [-0.4, -0.2) is 38.4 Å². The smallest absolute Gasteiger partial charge is 0.264 e. The molecule has 0 radical (unpaired) electrons. The van der Waals surface area contributed by atoms with E-state index in [4.69, 9.17) is 0 Å². The molecule has 0 aromatic heterocycles. The van der Waals surface area contributed by atoms with Gasteiger partial charge in [-0.15, -0.1) is 0 Å². The zero-order valence-electron chi connectivity index (χ0n) is 12.3. The minimum absolute atomic E-state index is 0.112. The Morgan fingerprint density at radius 1 is 1.10 bits per heavy atom. The molecule has 1 amide bonds. The first-order valence-electron chi connectivity index (χ1n) is 7.36. The Kier molecular flexibility index (Phi) is 5.36. The quantitative estimate of drug-likeness (QED) is 0.920. The molecular weight excluding hydrogens is 288 g/mol. The maximum absolute atomic E-state index is 12.2. The van der Waals surface area contributed by atoms with Gasteiger partial charge in [-0.1, -0.05) is 31.0 Å². The first-order valence-corrected chi connectivity index (χ1v) is 8.85. The Labute approximate surface area is 126 Å². The van der Waals surface area contributed by atoms with Gasteiger partial charge in [-0.3, -0.25) is 9.69 Å². The number of nitrogens with zero attached hydrogens (tertiary/aromatic N) is 1. The normalized spacial score (nSPS) is 18.7. The van der Waals surface area contributed by atoms with Crippen LogP contribution in [0.4, 0.5) is 0 Å². The number of nitrogens with one attached hydrogen (secondary N) is 1. The lowest BCUT2D eigenvalue weighted by atomic mass is 10.2. The second kappa shape index (κ2) is 7.04. The molecular formula is C15H22N2O3S. The summed E-state index contributed by atoms with van der Waals surface area (Å²) in [4.78, 5) is 14.4. The van der Waals surface area contributed by atoms with Crippen molar-refractivity contribution >= 4 is 15.9 Å². The van der Waals surface area contributed by atoms with Crippen molar-refractivity contribution in [3.63, 3.8) is 0 Å². The van der Waals surface area contributed by atoms with Gasteiger partial charge in [0.15, 0.2) is 0 Å². The molecule has 0 spiro atoms. The van der Waals surface area contributed by atoms with Gasteiger partial charge >= 0.3 is 0 Å². The van der Waals surface area contributed by atoms with E-state index < -0.39 is 22.0 Å². The highest BCUT2D eigenvalue weighted by molar-refractivity contribution is 7.90. The lowest BCUT2D eigenvalue weighted by Crippen LogP contribution is -2.47. The minimum Gasteiger partial charge on any atom is -0.292 e. The lowest BCUT2D eigenvalue weighted by Gasteiger charge is -2.26. The molecule has 0 saturated carbocycles. The summed E-state index contributed by atoms with van der Waals surface area (Å²) in [6.45, 7) is 3.46. The molecule has 1 N–H and O–H groups in total. The van der Waals surface area contributed by atoms with Gasteiger partial charge < -0.3 is 0 Å². The third kappa shape index (κ3) is 4.28. The summed E-state index contributed by atoms with van der Waals surface area (Å²) in [5.41, 5.74) is 0. The van der Waals surface area contributed by atoms with Gasteiger partial charge in [0, 0.05) is 0 Å². The maximum atomic E-state index is 12.2. The van der Waals surface area contributed by atoms with Crippen LogP contribution in [-0.2, 0) is 14.8 Å². The Hall–Kier alpha value is -1.40. The molecule has 116 valence electrons. The summed E-state index contributed by atoms with van der Waals surface area (Å²) in [7, 11) is -3.78. The Bertz CT molecular complexity index is 564. The number of hydrogen-bond acceptors (Lipinski definition) is 4. The average molecular weight is 310 g/mol. The van der Waals surface area contributed by atoms with Crippen molar-refractivity contribution in [2.24, 2.45) is 0 Å². The van der Waals surface area contributed by atoms with Crippen LogP contribution < -0.4 is 4.72 Å². The molecule has 0 bridgehead atoms. The molecule has 0 unspecified atom stereocenters. The van der Waals surface area contributed by atoms with E-state index in [1.165, 1.54) is 25.0 Å². The predicted molar refractivity (Wildman–Crippen MR) is 81.3 cm³/mol. The SMILES string of the molecule is C[C@H](C(=O)NS(=O)(=O)c1ccccc1)N1CCCCCC1. The van der Waals surface area contributed by atoms with E-state index >= 15 is 0 Å². The third-order valence-corrected chi connectivity index (χ3v) is 5.22. The van der Waals surface area contributed by atoms with Crippen LogP contribution in [0.1, 0.15) is 32.6 Å². The molecule has 1 fully saturated rings. The van der Waals surface area contributed by atoms with Gasteiger partial charge in [0.05, 0.1) is 10.9 Å². The average Bonchev–Trinajstić information content (AvgIpc) is 2.76. The molecule has 1 aromatic carbocycles. The third-order valence-electron chi connectivity index (χ3n) is 3.86. The largest absolute Gasteiger partial charge is 0.292 e. The van der Waals surface area contributed by atoms with Gasteiger partial charge in [-0.25, -0.2) is 13.1 Å². The summed E-state index contributed by atoms with van der Waals surface area (Å²) in [5.74, 6) is -0.458. The number of rotatable bonds is 4. The molecule has 1 saturated heterocycles. The van der Waals surface area contributed by atoms with Crippen LogP contribution in [0.15, 0.2) is 35.2 Å². The predicted octanol–water partition coefficient (Wildman–Crippen LogP) is 1.76. The molecule has 6 heteroatoms. The molecule has 1 aliphatic heterocycles. The number of hydrogen-bond donors (Lipinski definition) is 1. The van der Waals surface area contributed by atoms with Crippen molar-refractivity contribution in [3.05, 3.63) is 30.3 Å². The highest BCUT2D eigenvalue weighted by Crippen LogP contribution is 2.13. The second-order valence-electron chi connectivity index (χ2n) is 5.41. The summed E-state index contributed by atoms with van der Waals surface area (Å²) >= 11 is 0. The van der Waals surface area contributed by atoms with Crippen molar-refractivity contribution < 1.29 is 13.2 Å². The van der Waals surface area contributed by atoms with Crippen LogP contribution in [0.2, 0.25) is 0 Å². The van der Waals surface area contributed by atoms with Crippen molar-refractivity contribution in [1.82, 2.24) is 9.62 Å². The van der Waals surface area contributed by atoms with Gasteiger partial charge in [0.25, 0.3) is 15.9 Å². The fraction of sp³-hybridized carbons (Fsp3) is 0.533. The number of sulfonamides is 1. The fourth-order valence-corrected chi connectivity index (χ4v) is 3.59. The minimum atomic E-state index is -3.78. The number of amides is 1. The first-order chi connectivity index (χ1) is 10.0. The van der Waals surface area contributed by atoms with Gasteiger partial charge in [0.1, 0.15) is 0 Å². The molecule has 1 atom stereocenters. The maximum Gasteiger partial charge on any atom is 0.264 e. The molecule has 0 aliphatic carbocycles. The Morgan fingerprint density at radius 3 is 2.24 bits per heavy atom. The number of likely N-dealkylation sites (tertiary alicyclic amines) is 1. The Balaban J connectivity index is 2.03. The number of carbonyl (C=O) groups excluding carboxylic acids is 1. The first kappa shape index (κ1) is 16.0. The molecule has 1 aromatic rings. The highest BCUT2D eigenvalue weighted by atomic mass is 32.2. The van der Waals surface area contributed by atoms with Crippen molar-refractivity contribution in [1.29, 1.82) is 0 Å². The monoisotopic (exact) mass is 310 g/mol. The van der Waals surface area contributed by atoms with E-state index in [9.17, 15) is 13.2 Å². The van der Waals surface area contributed by atoms with Crippen LogP contribution in [0.3, 0.4) is 0 Å². The molecule has 5 nitrogen and oxygen atoms in total. The molecule has 21 heavy (non-hydrogen) atoms. The topological polar surface area (TPSA) is 66.5 Å². The summed E-state index contributed by atoms with van der Waals surface area (Å²) in [6, 6.07) is 7.54. The highest BCUT2D eigenvalue weighted by Gasteiger charge is 2.26. The number of benzene rings is 1. The van der Waals surface area contributed by atoms with Crippen LogP contribution in [0.25, 0.3) is 0 Å². The molecule has 1 heterocycles. The fourth-order valence-electron chi connectivity index (χ4n) is 2.52. The zero-order valence-corrected chi connectivity index (χ0v) is 13.1.